The molecule has 1 saturated carbocycles. The molecular weight excluding hydrogens is 474 g/mol. The molecule has 2 aliphatic rings. The molecule has 3 N–H and O–H groups in total. The first-order chi connectivity index (χ1) is 17.6. The van der Waals surface area contributed by atoms with Crippen LogP contribution in [0, 0.1) is 17.3 Å². The number of piperidine rings is 1. The van der Waals surface area contributed by atoms with E-state index in [1.165, 1.54) is 0 Å². The van der Waals surface area contributed by atoms with E-state index in [0.29, 0.717) is 49.7 Å². The van der Waals surface area contributed by atoms with Gasteiger partial charge in [-0.25, -0.2) is 5.06 Å². The molecular formula is C28H43N3O6. The predicted octanol–water partition coefficient (Wildman–Crippen LogP) is 3.12. The summed E-state index contributed by atoms with van der Waals surface area (Å²) in [5.74, 6) is 0.127. The maximum absolute atomic E-state index is 13.6. The van der Waals surface area contributed by atoms with E-state index in [1.54, 1.807) is 4.90 Å². The SMILES string of the molecule is CC(C)(C)[C@H](NC(=O)[C@H](CC1CCCC1)CN(O)C=O)C(=O)N1CCC(Oc2ccc(CO)cc2)CC1. The first-order valence-electron chi connectivity index (χ1n) is 13.5. The number of rotatable bonds is 11. The van der Waals surface area contributed by atoms with E-state index in [9.17, 15) is 24.7 Å². The molecule has 0 bridgehead atoms. The number of carbonyl (C=O) groups is 3. The molecule has 9 heteroatoms. The van der Waals surface area contributed by atoms with Gasteiger partial charge in [-0.3, -0.25) is 19.6 Å². The Morgan fingerprint density at radius 3 is 2.30 bits per heavy atom. The molecule has 2 fully saturated rings. The minimum Gasteiger partial charge on any atom is -0.490 e. The van der Waals surface area contributed by atoms with Crippen molar-refractivity contribution in [3.63, 3.8) is 0 Å². The number of likely N-dealkylation sites (tertiary alicyclic amines) is 1. The molecule has 0 aromatic heterocycles. The number of hydrogen-bond donors (Lipinski definition) is 3. The highest BCUT2D eigenvalue weighted by Crippen LogP contribution is 2.31. The standard InChI is InChI=1S/C28H43N3O6/c1-28(2,3)25(29-26(34)22(17-31(36)19-33)16-20-6-4-5-7-20)27(35)30-14-12-24(13-15-30)37-23-10-8-21(18-32)9-11-23/h8-11,19-20,22,24-25,32,36H,4-7,12-18H2,1-3H3,(H,29,34)/t22-,25-/m1/s1. The molecule has 1 aromatic carbocycles. The molecule has 1 aliphatic heterocycles. The predicted molar refractivity (Wildman–Crippen MR) is 139 cm³/mol. The zero-order valence-corrected chi connectivity index (χ0v) is 22.4. The summed E-state index contributed by atoms with van der Waals surface area (Å²) in [4.78, 5) is 39.8. The van der Waals surface area contributed by atoms with Crippen molar-refractivity contribution in [1.82, 2.24) is 15.3 Å². The summed E-state index contributed by atoms with van der Waals surface area (Å²) >= 11 is 0. The van der Waals surface area contributed by atoms with Crippen LogP contribution in [-0.4, -0.2) is 70.3 Å². The molecule has 1 aliphatic carbocycles. The number of hydrogen-bond acceptors (Lipinski definition) is 6. The van der Waals surface area contributed by atoms with Gasteiger partial charge >= 0.3 is 0 Å². The Labute approximate surface area is 220 Å². The lowest BCUT2D eigenvalue weighted by Crippen LogP contribution is -2.58. The van der Waals surface area contributed by atoms with Crippen molar-refractivity contribution in [2.75, 3.05) is 19.6 Å². The second-order valence-corrected chi connectivity index (χ2v) is 11.6. The van der Waals surface area contributed by atoms with Crippen molar-refractivity contribution in [3.8, 4) is 5.75 Å². The number of nitrogens with zero attached hydrogens (tertiary/aromatic N) is 2. The van der Waals surface area contributed by atoms with Crippen LogP contribution in [0.25, 0.3) is 0 Å². The van der Waals surface area contributed by atoms with Crippen LogP contribution >= 0.6 is 0 Å². The lowest BCUT2D eigenvalue weighted by atomic mass is 9.84. The van der Waals surface area contributed by atoms with E-state index in [-0.39, 0.29) is 31.1 Å². The zero-order valence-electron chi connectivity index (χ0n) is 22.4. The minimum absolute atomic E-state index is 0.0110. The van der Waals surface area contributed by atoms with Gasteiger partial charge in [-0.1, -0.05) is 58.6 Å². The maximum Gasteiger partial charge on any atom is 0.245 e. The fourth-order valence-electron chi connectivity index (χ4n) is 5.33. The first-order valence-corrected chi connectivity index (χ1v) is 13.5. The average molecular weight is 518 g/mol. The van der Waals surface area contributed by atoms with Crippen LogP contribution in [0.5, 0.6) is 5.75 Å². The Bertz CT molecular complexity index is 886. The number of amides is 3. The van der Waals surface area contributed by atoms with Crippen LogP contribution in [-0.2, 0) is 21.0 Å². The van der Waals surface area contributed by atoms with Crippen molar-refractivity contribution >= 4 is 18.2 Å². The zero-order chi connectivity index (χ0) is 27.0. The summed E-state index contributed by atoms with van der Waals surface area (Å²) in [6.07, 6.45) is 6.60. The van der Waals surface area contributed by atoms with Crippen LogP contribution in [0.2, 0.25) is 0 Å². The summed E-state index contributed by atoms with van der Waals surface area (Å²) < 4.78 is 6.07. The second-order valence-electron chi connectivity index (χ2n) is 11.6. The quantitative estimate of drug-likeness (QED) is 0.236. The van der Waals surface area contributed by atoms with E-state index < -0.39 is 17.4 Å². The number of nitrogens with one attached hydrogen (secondary N) is 1. The molecule has 1 aromatic rings. The molecule has 2 atom stereocenters. The van der Waals surface area contributed by atoms with Gasteiger partial charge in [0.2, 0.25) is 18.2 Å². The van der Waals surface area contributed by atoms with Crippen molar-refractivity contribution in [2.45, 2.75) is 84.5 Å². The molecule has 3 amide bonds. The Kier molecular flexibility index (Phi) is 10.3. The minimum atomic E-state index is -0.724. The van der Waals surface area contributed by atoms with E-state index in [0.717, 1.165) is 37.0 Å². The molecule has 37 heavy (non-hydrogen) atoms. The third kappa shape index (κ3) is 8.43. The van der Waals surface area contributed by atoms with Gasteiger partial charge < -0.3 is 20.1 Å². The van der Waals surface area contributed by atoms with Crippen molar-refractivity contribution in [3.05, 3.63) is 29.8 Å². The summed E-state index contributed by atoms with van der Waals surface area (Å²) in [6.45, 7) is 6.75. The molecule has 9 nitrogen and oxygen atoms in total. The van der Waals surface area contributed by atoms with Crippen molar-refractivity contribution in [1.29, 1.82) is 0 Å². The summed E-state index contributed by atoms with van der Waals surface area (Å²) in [5, 5.41) is 22.5. The van der Waals surface area contributed by atoms with Gasteiger partial charge in [0.1, 0.15) is 17.9 Å². The van der Waals surface area contributed by atoms with Gasteiger partial charge in [0.05, 0.1) is 19.1 Å². The van der Waals surface area contributed by atoms with Crippen molar-refractivity contribution in [2.24, 2.45) is 17.3 Å². The topological polar surface area (TPSA) is 119 Å². The van der Waals surface area contributed by atoms with Gasteiger partial charge in [0.25, 0.3) is 0 Å². The number of benzene rings is 1. The molecule has 3 rings (SSSR count). The lowest BCUT2D eigenvalue weighted by Gasteiger charge is -2.39. The van der Waals surface area contributed by atoms with Crippen LogP contribution in [0.3, 0.4) is 0 Å². The van der Waals surface area contributed by atoms with Crippen LogP contribution in [0.15, 0.2) is 24.3 Å². The van der Waals surface area contributed by atoms with E-state index >= 15 is 0 Å². The van der Waals surface area contributed by atoms with Crippen molar-refractivity contribution < 1.29 is 29.4 Å². The maximum atomic E-state index is 13.6. The summed E-state index contributed by atoms with van der Waals surface area (Å²) in [6, 6.07) is 6.62. The third-order valence-corrected chi connectivity index (χ3v) is 7.55. The molecule has 1 saturated heterocycles. The van der Waals surface area contributed by atoms with Gasteiger partial charge in [0.15, 0.2) is 0 Å². The number of hydroxylamine groups is 2. The Hall–Kier alpha value is -2.65. The number of aliphatic hydroxyl groups excluding tert-OH is 1. The molecule has 0 unspecified atom stereocenters. The molecule has 0 spiro atoms. The molecule has 0 radical (unpaired) electrons. The highest BCUT2D eigenvalue weighted by molar-refractivity contribution is 5.89. The summed E-state index contributed by atoms with van der Waals surface area (Å²) in [7, 11) is 0. The number of carbonyl (C=O) groups excluding carboxylic acids is 3. The molecule has 1 heterocycles. The smallest absolute Gasteiger partial charge is 0.245 e. The molecule has 206 valence electrons. The fourth-order valence-corrected chi connectivity index (χ4v) is 5.33. The normalized spacial score (nSPS) is 18.8. The van der Waals surface area contributed by atoms with Gasteiger partial charge in [-0.2, -0.15) is 0 Å². The van der Waals surface area contributed by atoms with Crippen LogP contribution in [0.1, 0.15) is 71.3 Å². The number of ether oxygens (including phenoxy) is 1. The second kappa shape index (κ2) is 13.2. The van der Waals surface area contributed by atoms with Crippen LogP contribution in [0.4, 0.5) is 0 Å². The monoisotopic (exact) mass is 517 g/mol. The largest absolute Gasteiger partial charge is 0.490 e. The Morgan fingerprint density at radius 2 is 1.76 bits per heavy atom. The lowest BCUT2D eigenvalue weighted by molar-refractivity contribution is -0.156. The van der Waals surface area contributed by atoms with Gasteiger partial charge in [-0.05, 0) is 35.4 Å². The Balaban J connectivity index is 1.60. The average Bonchev–Trinajstić information content (AvgIpc) is 3.39. The van der Waals surface area contributed by atoms with E-state index in [1.807, 2.05) is 45.0 Å². The van der Waals surface area contributed by atoms with E-state index in [4.69, 9.17) is 4.74 Å². The summed E-state index contributed by atoms with van der Waals surface area (Å²) in [5.41, 5.74) is 0.308. The van der Waals surface area contributed by atoms with E-state index in [2.05, 4.69) is 5.32 Å². The fraction of sp³-hybridized carbons (Fsp3) is 0.679. The van der Waals surface area contributed by atoms with Gasteiger partial charge in [-0.15, -0.1) is 0 Å². The highest BCUT2D eigenvalue weighted by Gasteiger charge is 2.39. The highest BCUT2D eigenvalue weighted by atomic mass is 16.5. The Morgan fingerprint density at radius 1 is 1.14 bits per heavy atom. The third-order valence-electron chi connectivity index (χ3n) is 7.55. The number of aliphatic hydroxyl groups is 1. The van der Waals surface area contributed by atoms with Crippen LogP contribution < -0.4 is 10.1 Å². The van der Waals surface area contributed by atoms with Gasteiger partial charge in [0, 0.05) is 25.9 Å². The first kappa shape index (κ1) is 28.9.